The summed E-state index contributed by atoms with van der Waals surface area (Å²) in [6.45, 7) is 7.55. The van der Waals surface area contributed by atoms with E-state index < -0.39 is 32.0 Å². The molecule has 0 saturated heterocycles. The van der Waals surface area contributed by atoms with Crippen molar-refractivity contribution in [1.82, 2.24) is 0 Å². The van der Waals surface area contributed by atoms with Crippen LogP contribution in [0.1, 0.15) is 40.2 Å². The number of halogens is 2. The third kappa shape index (κ3) is 7.91. The molecule has 0 radical (unpaired) electrons. The lowest BCUT2D eigenvalue weighted by Gasteiger charge is -2.28. The van der Waals surface area contributed by atoms with Gasteiger partial charge >= 0.3 is 17.9 Å². The highest BCUT2D eigenvalue weighted by atomic mass is 79.9. The van der Waals surface area contributed by atoms with Gasteiger partial charge in [0.05, 0.1) is 0 Å². The van der Waals surface area contributed by atoms with Crippen LogP contribution in [0.15, 0.2) is 30.3 Å². The normalized spacial score (nSPS) is 12.2. The SMILES string of the molecule is CC(C)(Br)C(=O)OCC(C)(COC(=O)C(C)(C)Br)C(=O)OCc1ccccc1. The second-order valence-electron chi connectivity index (χ2n) is 7.72. The summed E-state index contributed by atoms with van der Waals surface area (Å²) in [7, 11) is 0. The standard InChI is InChI=1S/C20H26Br2O6/c1-18(2,21)15(23)27-12-20(5,13-28-16(24)19(3,4)22)17(25)26-11-14-9-7-6-8-10-14/h6-10H,11-13H2,1-5H3. The first-order valence-electron chi connectivity index (χ1n) is 8.69. The Morgan fingerprint density at radius 1 is 0.750 bits per heavy atom. The second-order valence-corrected chi connectivity index (χ2v) is 11.7. The summed E-state index contributed by atoms with van der Waals surface area (Å²) in [5.41, 5.74) is -0.535. The van der Waals surface area contributed by atoms with Crippen LogP contribution in [0, 0.1) is 5.41 Å². The van der Waals surface area contributed by atoms with E-state index in [1.807, 2.05) is 30.3 Å². The minimum atomic E-state index is -1.35. The van der Waals surface area contributed by atoms with Crippen molar-refractivity contribution in [2.45, 2.75) is 49.9 Å². The zero-order chi connectivity index (χ0) is 21.6. The molecule has 0 aromatic heterocycles. The van der Waals surface area contributed by atoms with E-state index in [1.54, 1.807) is 27.7 Å². The molecule has 0 aliphatic rings. The Balaban J connectivity index is 2.86. The predicted octanol–water partition coefficient (Wildman–Crippen LogP) is 4.17. The van der Waals surface area contributed by atoms with Gasteiger partial charge in [-0.3, -0.25) is 14.4 Å². The number of ether oxygens (including phenoxy) is 3. The average Bonchev–Trinajstić information content (AvgIpc) is 2.61. The van der Waals surface area contributed by atoms with Crippen LogP contribution < -0.4 is 0 Å². The molecule has 0 aliphatic heterocycles. The van der Waals surface area contributed by atoms with Gasteiger partial charge < -0.3 is 14.2 Å². The van der Waals surface area contributed by atoms with E-state index in [4.69, 9.17) is 14.2 Å². The number of hydrogen-bond acceptors (Lipinski definition) is 6. The van der Waals surface area contributed by atoms with Gasteiger partial charge in [0.2, 0.25) is 0 Å². The summed E-state index contributed by atoms with van der Waals surface area (Å²) in [5, 5.41) is 0. The van der Waals surface area contributed by atoms with Crippen LogP contribution >= 0.6 is 31.9 Å². The smallest absolute Gasteiger partial charge is 0.322 e. The third-order valence-corrected chi connectivity index (χ3v) is 4.37. The predicted molar refractivity (Wildman–Crippen MR) is 112 cm³/mol. The third-order valence-electron chi connectivity index (χ3n) is 3.72. The summed E-state index contributed by atoms with van der Waals surface area (Å²) in [5.74, 6) is -1.71. The molecule has 0 spiro atoms. The van der Waals surface area contributed by atoms with Crippen LogP contribution in [0.5, 0.6) is 0 Å². The van der Waals surface area contributed by atoms with Crippen molar-refractivity contribution in [3.05, 3.63) is 35.9 Å². The van der Waals surface area contributed by atoms with Crippen molar-refractivity contribution >= 4 is 49.8 Å². The molecule has 1 aromatic rings. The van der Waals surface area contributed by atoms with Crippen LogP contribution in [0.4, 0.5) is 0 Å². The molecule has 1 rings (SSSR count). The summed E-state index contributed by atoms with van der Waals surface area (Å²) < 4.78 is 14.1. The van der Waals surface area contributed by atoms with Gasteiger partial charge in [0.1, 0.15) is 33.9 Å². The number of rotatable bonds is 9. The van der Waals surface area contributed by atoms with Crippen LogP contribution in [0.25, 0.3) is 0 Å². The molecule has 6 nitrogen and oxygen atoms in total. The van der Waals surface area contributed by atoms with Crippen molar-refractivity contribution in [2.24, 2.45) is 5.41 Å². The second kappa shape index (κ2) is 9.87. The maximum Gasteiger partial charge on any atom is 0.322 e. The molecule has 0 bridgehead atoms. The number of alkyl halides is 2. The quantitative estimate of drug-likeness (QED) is 0.275. The molecule has 0 N–H and O–H groups in total. The van der Waals surface area contributed by atoms with E-state index in [1.165, 1.54) is 6.92 Å². The lowest BCUT2D eigenvalue weighted by molar-refractivity contribution is -0.172. The lowest BCUT2D eigenvalue weighted by atomic mass is 9.93. The lowest BCUT2D eigenvalue weighted by Crippen LogP contribution is -2.43. The minimum absolute atomic E-state index is 0.0605. The van der Waals surface area contributed by atoms with Crippen LogP contribution in [0.2, 0.25) is 0 Å². The van der Waals surface area contributed by atoms with E-state index in [2.05, 4.69) is 31.9 Å². The molecule has 0 unspecified atom stereocenters. The Bertz CT molecular complexity index is 659. The highest BCUT2D eigenvalue weighted by Crippen LogP contribution is 2.26. The molecule has 0 fully saturated rings. The van der Waals surface area contributed by atoms with Crippen molar-refractivity contribution in [2.75, 3.05) is 13.2 Å². The average molecular weight is 522 g/mol. The van der Waals surface area contributed by atoms with Crippen LogP contribution in [0.3, 0.4) is 0 Å². The van der Waals surface area contributed by atoms with E-state index in [0.29, 0.717) is 0 Å². The molecular weight excluding hydrogens is 496 g/mol. The van der Waals surface area contributed by atoms with Gasteiger partial charge in [0.15, 0.2) is 0 Å². The van der Waals surface area contributed by atoms with Gasteiger partial charge in [-0.2, -0.15) is 0 Å². The number of carbonyl (C=O) groups is 3. The first-order chi connectivity index (χ1) is 12.8. The van der Waals surface area contributed by atoms with Crippen molar-refractivity contribution in [3.8, 4) is 0 Å². The van der Waals surface area contributed by atoms with E-state index in [-0.39, 0.29) is 19.8 Å². The highest BCUT2D eigenvalue weighted by molar-refractivity contribution is 9.10. The van der Waals surface area contributed by atoms with E-state index in [0.717, 1.165) is 5.56 Å². The van der Waals surface area contributed by atoms with Crippen molar-refractivity contribution in [3.63, 3.8) is 0 Å². The fourth-order valence-electron chi connectivity index (χ4n) is 1.85. The zero-order valence-corrected chi connectivity index (χ0v) is 19.9. The molecule has 28 heavy (non-hydrogen) atoms. The Kier molecular flexibility index (Phi) is 8.68. The van der Waals surface area contributed by atoms with Gasteiger partial charge in [0.25, 0.3) is 0 Å². The summed E-state index contributed by atoms with van der Waals surface area (Å²) in [6, 6.07) is 9.18. The summed E-state index contributed by atoms with van der Waals surface area (Å²) in [6.07, 6.45) is 0. The molecule has 8 heteroatoms. The first kappa shape index (κ1) is 24.6. The molecule has 1 aromatic carbocycles. The largest absolute Gasteiger partial charge is 0.463 e. The van der Waals surface area contributed by atoms with Crippen LogP contribution in [-0.2, 0) is 35.2 Å². The van der Waals surface area contributed by atoms with Gasteiger partial charge in [-0.25, -0.2) is 0 Å². The fourth-order valence-corrected chi connectivity index (χ4v) is 2.08. The number of benzene rings is 1. The minimum Gasteiger partial charge on any atom is -0.463 e. The maximum atomic E-state index is 12.7. The zero-order valence-electron chi connectivity index (χ0n) is 16.7. The first-order valence-corrected chi connectivity index (χ1v) is 10.3. The molecular formula is C20H26Br2O6. The van der Waals surface area contributed by atoms with Crippen molar-refractivity contribution in [1.29, 1.82) is 0 Å². The molecule has 0 saturated carbocycles. The summed E-state index contributed by atoms with van der Waals surface area (Å²) in [4.78, 5) is 36.9. The van der Waals surface area contributed by atoms with Crippen molar-refractivity contribution < 1.29 is 28.6 Å². The molecule has 0 atom stereocenters. The van der Waals surface area contributed by atoms with Gasteiger partial charge in [-0.1, -0.05) is 62.2 Å². The number of esters is 3. The number of carbonyl (C=O) groups excluding carboxylic acids is 3. The fraction of sp³-hybridized carbons (Fsp3) is 0.550. The van der Waals surface area contributed by atoms with E-state index >= 15 is 0 Å². The molecule has 0 aliphatic carbocycles. The summed E-state index contributed by atoms with van der Waals surface area (Å²) >= 11 is 6.43. The van der Waals surface area contributed by atoms with Crippen LogP contribution in [-0.4, -0.2) is 39.8 Å². The maximum absolute atomic E-state index is 12.7. The highest BCUT2D eigenvalue weighted by Gasteiger charge is 2.41. The Morgan fingerprint density at radius 3 is 1.57 bits per heavy atom. The van der Waals surface area contributed by atoms with Gasteiger partial charge in [-0.05, 0) is 40.2 Å². The molecule has 0 amide bonds. The van der Waals surface area contributed by atoms with Gasteiger partial charge in [-0.15, -0.1) is 0 Å². The Labute approximate surface area is 182 Å². The number of hydrogen-bond donors (Lipinski definition) is 0. The topological polar surface area (TPSA) is 78.9 Å². The van der Waals surface area contributed by atoms with E-state index in [9.17, 15) is 14.4 Å². The monoisotopic (exact) mass is 520 g/mol. The molecule has 156 valence electrons. The Morgan fingerprint density at radius 2 is 1.18 bits per heavy atom. The molecule has 0 heterocycles. The van der Waals surface area contributed by atoms with Gasteiger partial charge in [0, 0.05) is 0 Å². The Hall–Kier alpha value is -1.41.